The van der Waals surface area contributed by atoms with Gasteiger partial charge in [0, 0.05) is 38.8 Å². The van der Waals surface area contributed by atoms with Gasteiger partial charge in [0.1, 0.15) is 0 Å². The fraction of sp³-hybridized carbons (Fsp3) is 0.947. The molecule has 138 valence electrons. The van der Waals surface area contributed by atoms with Crippen LogP contribution in [-0.2, 0) is 14.3 Å². The number of morpholine rings is 1. The molecule has 5 nitrogen and oxygen atoms in total. The van der Waals surface area contributed by atoms with Crippen LogP contribution in [0.15, 0.2) is 0 Å². The van der Waals surface area contributed by atoms with E-state index < -0.39 is 0 Å². The van der Waals surface area contributed by atoms with Crippen LogP contribution in [0.25, 0.3) is 0 Å². The molecule has 3 saturated heterocycles. The summed E-state index contributed by atoms with van der Waals surface area (Å²) in [6.45, 7) is 13.1. The molecular weight excluding hydrogens is 304 g/mol. The fourth-order valence-corrected chi connectivity index (χ4v) is 4.52. The lowest BCUT2D eigenvalue weighted by Crippen LogP contribution is -2.52. The number of ether oxygens (including phenoxy) is 2. The molecular formula is C19H34N2O3. The number of likely N-dealkylation sites (tertiary alicyclic amines) is 1. The lowest BCUT2D eigenvalue weighted by molar-refractivity contribution is -0.149. The smallest absolute Gasteiger partial charge is 0.225 e. The minimum absolute atomic E-state index is 0.159. The molecule has 0 aromatic heterocycles. The molecule has 0 aromatic rings. The number of carbonyl (C=O) groups excluding carboxylic acids is 1. The van der Waals surface area contributed by atoms with Crippen molar-refractivity contribution < 1.29 is 14.3 Å². The van der Waals surface area contributed by atoms with Crippen LogP contribution < -0.4 is 0 Å². The zero-order valence-corrected chi connectivity index (χ0v) is 15.6. The molecule has 0 radical (unpaired) electrons. The molecule has 1 amide bonds. The third-order valence-corrected chi connectivity index (χ3v) is 5.97. The summed E-state index contributed by atoms with van der Waals surface area (Å²) >= 11 is 0. The van der Waals surface area contributed by atoms with Crippen LogP contribution in [0.5, 0.6) is 0 Å². The van der Waals surface area contributed by atoms with Crippen LogP contribution in [-0.4, -0.2) is 73.9 Å². The molecule has 3 heterocycles. The first-order valence-electron chi connectivity index (χ1n) is 9.69. The molecule has 2 unspecified atom stereocenters. The molecule has 3 aliphatic rings. The molecule has 0 spiro atoms. The van der Waals surface area contributed by atoms with E-state index in [0.717, 1.165) is 71.6 Å². The number of piperidine rings is 1. The van der Waals surface area contributed by atoms with Crippen LogP contribution >= 0.6 is 0 Å². The van der Waals surface area contributed by atoms with E-state index in [2.05, 4.69) is 25.7 Å². The van der Waals surface area contributed by atoms with Gasteiger partial charge in [-0.05, 0) is 58.0 Å². The number of amides is 1. The van der Waals surface area contributed by atoms with Crippen molar-refractivity contribution in [1.82, 2.24) is 9.80 Å². The Kier molecular flexibility index (Phi) is 5.83. The van der Waals surface area contributed by atoms with Crippen molar-refractivity contribution in [3.63, 3.8) is 0 Å². The first kappa shape index (κ1) is 18.2. The van der Waals surface area contributed by atoms with Crippen LogP contribution in [0, 0.1) is 11.3 Å². The van der Waals surface area contributed by atoms with Crippen molar-refractivity contribution >= 4 is 5.91 Å². The van der Waals surface area contributed by atoms with E-state index in [0.29, 0.717) is 11.3 Å². The first-order valence-corrected chi connectivity index (χ1v) is 9.69. The van der Waals surface area contributed by atoms with Crippen molar-refractivity contribution in [2.24, 2.45) is 11.3 Å². The highest BCUT2D eigenvalue weighted by molar-refractivity contribution is 5.79. The van der Waals surface area contributed by atoms with Gasteiger partial charge in [-0.1, -0.05) is 6.92 Å². The molecule has 0 aromatic carbocycles. The van der Waals surface area contributed by atoms with E-state index in [4.69, 9.17) is 9.47 Å². The van der Waals surface area contributed by atoms with E-state index in [9.17, 15) is 4.79 Å². The second-order valence-corrected chi connectivity index (χ2v) is 8.47. The highest BCUT2D eigenvalue weighted by atomic mass is 16.5. The van der Waals surface area contributed by atoms with Gasteiger partial charge in [-0.15, -0.1) is 0 Å². The summed E-state index contributed by atoms with van der Waals surface area (Å²) in [5, 5.41) is 0. The zero-order valence-electron chi connectivity index (χ0n) is 15.6. The van der Waals surface area contributed by atoms with Crippen molar-refractivity contribution in [3.05, 3.63) is 0 Å². The van der Waals surface area contributed by atoms with E-state index in [1.165, 1.54) is 0 Å². The Labute approximate surface area is 146 Å². The van der Waals surface area contributed by atoms with Crippen LogP contribution in [0.2, 0.25) is 0 Å². The van der Waals surface area contributed by atoms with Crippen molar-refractivity contribution in [2.75, 3.05) is 45.9 Å². The van der Waals surface area contributed by atoms with Gasteiger partial charge in [0.2, 0.25) is 5.91 Å². The summed E-state index contributed by atoms with van der Waals surface area (Å²) in [6.07, 6.45) is 4.65. The zero-order chi connectivity index (χ0) is 17.2. The standard InChI is InChI=1S/C19H34N2O3/c1-15-12-21(13-16(2)24-15)18(22)17-4-8-20(9-5-17)14-19(3)6-10-23-11-7-19/h15-17H,4-14H2,1-3H3. The molecule has 3 aliphatic heterocycles. The molecule has 24 heavy (non-hydrogen) atoms. The minimum atomic E-state index is 0.159. The Hall–Kier alpha value is -0.650. The van der Waals surface area contributed by atoms with Gasteiger partial charge in [-0.3, -0.25) is 4.79 Å². The maximum atomic E-state index is 12.8. The third-order valence-electron chi connectivity index (χ3n) is 5.97. The summed E-state index contributed by atoms with van der Waals surface area (Å²) in [4.78, 5) is 17.4. The molecule has 0 saturated carbocycles. The summed E-state index contributed by atoms with van der Waals surface area (Å²) in [5.41, 5.74) is 0.393. The Morgan fingerprint density at radius 2 is 1.67 bits per heavy atom. The van der Waals surface area contributed by atoms with Gasteiger partial charge in [0.05, 0.1) is 12.2 Å². The third kappa shape index (κ3) is 4.50. The van der Waals surface area contributed by atoms with Crippen molar-refractivity contribution in [2.45, 2.75) is 58.7 Å². The predicted molar refractivity (Wildman–Crippen MR) is 93.9 cm³/mol. The average molecular weight is 338 g/mol. The quantitative estimate of drug-likeness (QED) is 0.791. The highest BCUT2D eigenvalue weighted by Crippen LogP contribution is 2.32. The van der Waals surface area contributed by atoms with Crippen LogP contribution in [0.4, 0.5) is 0 Å². The number of rotatable bonds is 3. The largest absolute Gasteiger partial charge is 0.381 e. The molecule has 0 N–H and O–H groups in total. The maximum absolute atomic E-state index is 12.8. The Morgan fingerprint density at radius 3 is 2.25 bits per heavy atom. The van der Waals surface area contributed by atoms with Gasteiger partial charge in [0.15, 0.2) is 0 Å². The summed E-state index contributed by atoms with van der Waals surface area (Å²) in [6, 6.07) is 0. The van der Waals surface area contributed by atoms with Gasteiger partial charge in [-0.25, -0.2) is 0 Å². The van der Waals surface area contributed by atoms with Gasteiger partial charge >= 0.3 is 0 Å². The van der Waals surface area contributed by atoms with Gasteiger partial charge < -0.3 is 19.3 Å². The van der Waals surface area contributed by atoms with E-state index in [1.807, 2.05) is 4.90 Å². The summed E-state index contributed by atoms with van der Waals surface area (Å²) in [7, 11) is 0. The number of hydrogen-bond donors (Lipinski definition) is 0. The lowest BCUT2D eigenvalue weighted by Gasteiger charge is -2.42. The predicted octanol–water partition coefficient (Wildman–Crippen LogP) is 2.15. The Morgan fingerprint density at radius 1 is 1.08 bits per heavy atom. The average Bonchev–Trinajstić information content (AvgIpc) is 2.54. The molecule has 5 heteroatoms. The van der Waals surface area contributed by atoms with Crippen LogP contribution in [0.1, 0.15) is 46.5 Å². The van der Waals surface area contributed by atoms with Gasteiger partial charge in [-0.2, -0.15) is 0 Å². The summed E-state index contributed by atoms with van der Waals surface area (Å²) in [5.74, 6) is 0.565. The monoisotopic (exact) mass is 338 g/mol. The fourth-order valence-electron chi connectivity index (χ4n) is 4.52. The van der Waals surface area contributed by atoms with E-state index in [-0.39, 0.29) is 18.1 Å². The Balaban J connectivity index is 1.47. The molecule has 3 fully saturated rings. The number of hydrogen-bond acceptors (Lipinski definition) is 4. The second-order valence-electron chi connectivity index (χ2n) is 8.47. The SMILES string of the molecule is CC1CN(C(=O)C2CCN(CC3(C)CCOCC3)CC2)CC(C)O1. The summed E-state index contributed by atoms with van der Waals surface area (Å²) < 4.78 is 11.3. The molecule has 0 aliphatic carbocycles. The topological polar surface area (TPSA) is 42.0 Å². The second kappa shape index (κ2) is 7.71. The first-order chi connectivity index (χ1) is 11.5. The maximum Gasteiger partial charge on any atom is 0.225 e. The molecule has 3 rings (SSSR count). The molecule has 0 bridgehead atoms. The van der Waals surface area contributed by atoms with E-state index >= 15 is 0 Å². The minimum Gasteiger partial charge on any atom is -0.381 e. The Bertz CT molecular complexity index is 418. The van der Waals surface area contributed by atoms with E-state index in [1.54, 1.807) is 0 Å². The lowest BCUT2D eigenvalue weighted by atomic mass is 9.81. The van der Waals surface area contributed by atoms with Crippen molar-refractivity contribution in [3.8, 4) is 0 Å². The highest BCUT2D eigenvalue weighted by Gasteiger charge is 2.35. The normalized spacial score (nSPS) is 32.7. The van der Waals surface area contributed by atoms with Gasteiger partial charge in [0.25, 0.3) is 0 Å². The van der Waals surface area contributed by atoms with Crippen molar-refractivity contribution in [1.29, 1.82) is 0 Å². The molecule has 2 atom stereocenters. The number of nitrogens with zero attached hydrogens (tertiary/aromatic N) is 2. The van der Waals surface area contributed by atoms with Crippen LogP contribution in [0.3, 0.4) is 0 Å². The number of carbonyl (C=O) groups is 1.